The van der Waals surface area contributed by atoms with Gasteiger partial charge in [0.05, 0.1) is 5.69 Å². The maximum absolute atomic E-state index is 4.37. The Bertz CT molecular complexity index is 388. The molecular formula is C14H26N4. The minimum Gasteiger partial charge on any atom is -0.312 e. The summed E-state index contributed by atoms with van der Waals surface area (Å²) < 4.78 is 1.89. The van der Waals surface area contributed by atoms with E-state index in [1.165, 1.54) is 31.5 Å². The fourth-order valence-corrected chi connectivity index (χ4v) is 2.66. The fourth-order valence-electron chi connectivity index (χ4n) is 2.66. The number of piperidine rings is 1. The van der Waals surface area contributed by atoms with Gasteiger partial charge in [-0.25, -0.2) is 0 Å². The Balaban J connectivity index is 1.80. The molecule has 2 rings (SSSR count). The molecule has 102 valence electrons. The van der Waals surface area contributed by atoms with E-state index in [9.17, 15) is 0 Å². The van der Waals surface area contributed by atoms with E-state index in [2.05, 4.69) is 42.4 Å². The van der Waals surface area contributed by atoms with E-state index < -0.39 is 0 Å². The highest BCUT2D eigenvalue weighted by molar-refractivity contribution is 5.14. The van der Waals surface area contributed by atoms with Crippen LogP contribution in [-0.2, 0) is 13.6 Å². The Morgan fingerprint density at radius 1 is 1.33 bits per heavy atom. The number of aryl methyl sites for hydroxylation is 2. The van der Waals surface area contributed by atoms with Crippen molar-refractivity contribution < 1.29 is 0 Å². The maximum atomic E-state index is 4.37. The van der Waals surface area contributed by atoms with E-state index in [4.69, 9.17) is 0 Å². The van der Waals surface area contributed by atoms with E-state index in [1.807, 2.05) is 11.7 Å². The average Bonchev–Trinajstić information content (AvgIpc) is 2.62. The highest BCUT2D eigenvalue weighted by Gasteiger charge is 2.28. The number of hydrogen-bond acceptors (Lipinski definition) is 3. The average molecular weight is 250 g/mol. The molecule has 2 heterocycles. The number of likely N-dealkylation sites (tertiary alicyclic amines) is 1. The first kappa shape index (κ1) is 13.6. The summed E-state index contributed by atoms with van der Waals surface area (Å²) in [4.78, 5) is 2.42. The molecule has 0 spiro atoms. The van der Waals surface area contributed by atoms with Gasteiger partial charge in [-0.3, -0.25) is 4.68 Å². The van der Waals surface area contributed by atoms with Crippen LogP contribution in [0.25, 0.3) is 0 Å². The van der Waals surface area contributed by atoms with Crippen molar-refractivity contribution in [2.75, 3.05) is 26.7 Å². The number of rotatable bonds is 4. The van der Waals surface area contributed by atoms with Crippen molar-refractivity contribution in [3.05, 3.63) is 17.5 Å². The molecule has 1 aliphatic heterocycles. The second-order valence-electron chi connectivity index (χ2n) is 6.13. The molecule has 1 aliphatic rings. The van der Waals surface area contributed by atoms with E-state index in [0.29, 0.717) is 5.41 Å². The zero-order valence-corrected chi connectivity index (χ0v) is 12.2. The SMILES string of the molecule is Cc1nn(C)cc1CNCC1(C)CCN(C)CC1. The van der Waals surface area contributed by atoms with Crippen molar-refractivity contribution in [3.8, 4) is 0 Å². The van der Waals surface area contributed by atoms with Gasteiger partial charge in [-0.15, -0.1) is 0 Å². The molecule has 1 saturated heterocycles. The summed E-state index contributed by atoms with van der Waals surface area (Å²) >= 11 is 0. The lowest BCUT2D eigenvalue weighted by Crippen LogP contribution is -2.41. The molecule has 0 amide bonds. The third-order valence-corrected chi connectivity index (χ3v) is 4.18. The lowest BCUT2D eigenvalue weighted by Gasteiger charge is -2.38. The zero-order chi connectivity index (χ0) is 13.2. The number of aromatic nitrogens is 2. The first-order chi connectivity index (χ1) is 8.48. The van der Waals surface area contributed by atoms with Crippen molar-refractivity contribution in [1.29, 1.82) is 0 Å². The zero-order valence-electron chi connectivity index (χ0n) is 12.2. The van der Waals surface area contributed by atoms with Crippen LogP contribution in [0.2, 0.25) is 0 Å². The van der Waals surface area contributed by atoms with E-state index in [-0.39, 0.29) is 0 Å². The van der Waals surface area contributed by atoms with Crippen LogP contribution in [0.1, 0.15) is 31.0 Å². The van der Waals surface area contributed by atoms with Crippen molar-refractivity contribution in [1.82, 2.24) is 20.0 Å². The Hall–Kier alpha value is -0.870. The van der Waals surface area contributed by atoms with Crippen molar-refractivity contribution >= 4 is 0 Å². The van der Waals surface area contributed by atoms with Gasteiger partial charge < -0.3 is 10.2 Å². The molecule has 0 saturated carbocycles. The standard InChI is InChI=1S/C14H26N4/c1-12-13(10-18(4)16-12)9-15-11-14(2)5-7-17(3)8-6-14/h10,15H,5-9,11H2,1-4H3. The van der Waals surface area contributed by atoms with Gasteiger partial charge in [0, 0.05) is 31.9 Å². The number of nitrogens with one attached hydrogen (secondary N) is 1. The van der Waals surface area contributed by atoms with Gasteiger partial charge in [0.1, 0.15) is 0 Å². The van der Waals surface area contributed by atoms with Gasteiger partial charge in [-0.2, -0.15) is 5.10 Å². The summed E-state index contributed by atoms with van der Waals surface area (Å²) in [5, 5.41) is 7.98. The normalized spacial score (nSPS) is 20.2. The summed E-state index contributed by atoms with van der Waals surface area (Å²) in [5.41, 5.74) is 2.91. The molecule has 4 nitrogen and oxygen atoms in total. The lowest BCUT2D eigenvalue weighted by molar-refractivity contribution is 0.137. The predicted octanol–water partition coefficient (Wildman–Crippen LogP) is 1.55. The highest BCUT2D eigenvalue weighted by Crippen LogP contribution is 2.29. The van der Waals surface area contributed by atoms with Gasteiger partial charge in [-0.05, 0) is 45.3 Å². The van der Waals surface area contributed by atoms with Crippen molar-refractivity contribution in [2.45, 2.75) is 33.2 Å². The van der Waals surface area contributed by atoms with Gasteiger partial charge in [0.2, 0.25) is 0 Å². The third kappa shape index (κ3) is 3.33. The van der Waals surface area contributed by atoms with Gasteiger partial charge >= 0.3 is 0 Å². The molecule has 1 fully saturated rings. The summed E-state index contributed by atoms with van der Waals surface area (Å²) in [6.07, 6.45) is 4.70. The van der Waals surface area contributed by atoms with E-state index in [0.717, 1.165) is 18.8 Å². The molecule has 4 heteroatoms. The fraction of sp³-hybridized carbons (Fsp3) is 0.786. The summed E-state index contributed by atoms with van der Waals surface area (Å²) in [5.74, 6) is 0. The van der Waals surface area contributed by atoms with Gasteiger partial charge in [-0.1, -0.05) is 6.92 Å². The molecule has 1 N–H and O–H groups in total. The molecule has 0 aliphatic carbocycles. The molecule has 18 heavy (non-hydrogen) atoms. The molecule has 1 aromatic heterocycles. The van der Waals surface area contributed by atoms with Crippen molar-refractivity contribution in [3.63, 3.8) is 0 Å². The molecule has 0 unspecified atom stereocenters. The molecule has 1 aromatic rings. The second kappa shape index (κ2) is 5.41. The Morgan fingerprint density at radius 2 is 2.00 bits per heavy atom. The van der Waals surface area contributed by atoms with Crippen LogP contribution in [0.4, 0.5) is 0 Å². The van der Waals surface area contributed by atoms with Crippen LogP contribution < -0.4 is 5.32 Å². The molecule has 0 bridgehead atoms. The van der Waals surface area contributed by atoms with Crippen LogP contribution in [-0.4, -0.2) is 41.4 Å². The van der Waals surface area contributed by atoms with Crippen LogP contribution in [0.15, 0.2) is 6.20 Å². The minimum atomic E-state index is 0.461. The first-order valence-corrected chi connectivity index (χ1v) is 6.87. The van der Waals surface area contributed by atoms with Crippen molar-refractivity contribution in [2.24, 2.45) is 12.5 Å². The van der Waals surface area contributed by atoms with Crippen LogP contribution in [0, 0.1) is 12.3 Å². The number of nitrogens with zero attached hydrogens (tertiary/aromatic N) is 3. The molecular weight excluding hydrogens is 224 g/mol. The molecule has 0 atom stereocenters. The first-order valence-electron chi connectivity index (χ1n) is 6.87. The minimum absolute atomic E-state index is 0.461. The lowest BCUT2D eigenvalue weighted by atomic mass is 9.80. The summed E-state index contributed by atoms with van der Waals surface area (Å²) in [7, 11) is 4.20. The Labute approximate surface area is 110 Å². The van der Waals surface area contributed by atoms with Crippen LogP contribution in [0.5, 0.6) is 0 Å². The van der Waals surface area contributed by atoms with Gasteiger partial charge in [0.15, 0.2) is 0 Å². The Kier molecular flexibility index (Phi) is 4.07. The monoisotopic (exact) mass is 250 g/mol. The largest absolute Gasteiger partial charge is 0.312 e. The highest BCUT2D eigenvalue weighted by atomic mass is 15.2. The van der Waals surface area contributed by atoms with Crippen LogP contribution in [0.3, 0.4) is 0 Å². The summed E-state index contributed by atoms with van der Waals surface area (Å²) in [6.45, 7) is 8.98. The summed E-state index contributed by atoms with van der Waals surface area (Å²) in [6, 6.07) is 0. The molecule has 0 aromatic carbocycles. The van der Waals surface area contributed by atoms with Crippen LogP contribution >= 0.6 is 0 Å². The molecule has 0 radical (unpaired) electrons. The number of hydrogen-bond donors (Lipinski definition) is 1. The Morgan fingerprint density at radius 3 is 2.56 bits per heavy atom. The second-order valence-corrected chi connectivity index (χ2v) is 6.13. The smallest absolute Gasteiger partial charge is 0.0638 e. The van der Waals surface area contributed by atoms with E-state index >= 15 is 0 Å². The van der Waals surface area contributed by atoms with Gasteiger partial charge in [0.25, 0.3) is 0 Å². The van der Waals surface area contributed by atoms with E-state index in [1.54, 1.807) is 0 Å². The third-order valence-electron chi connectivity index (χ3n) is 4.18. The topological polar surface area (TPSA) is 33.1 Å². The quantitative estimate of drug-likeness (QED) is 0.880. The predicted molar refractivity (Wildman–Crippen MR) is 74.5 cm³/mol. The maximum Gasteiger partial charge on any atom is 0.0638 e.